The van der Waals surface area contributed by atoms with Crippen molar-refractivity contribution in [2.24, 2.45) is 0 Å². The van der Waals surface area contributed by atoms with Gasteiger partial charge in [-0.25, -0.2) is 18.4 Å². The average molecular weight is 427 g/mol. The maximum atomic E-state index is 12.7. The third kappa shape index (κ3) is 2.67. The molecule has 0 radical (unpaired) electrons. The molecule has 1 aliphatic carbocycles. The molecular weight excluding hydrogens is 406 g/mol. The summed E-state index contributed by atoms with van der Waals surface area (Å²) in [5, 5.41) is 0.569. The topological polar surface area (TPSA) is 113 Å². The number of aromatic nitrogens is 3. The van der Waals surface area contributed by atoms with Crippen molar-refractivity contribution in [1.29, 1.82) is 0 Å². The molecule has 2 fully saturated rings. The summed E-state index contributed by atoms with van der Waals surface area (Å²) in [5.74, 6) is 1.79. The molecule has 4 heterocycles. The van der Waals surface area contributed by atoms with Gasteiger partial charge in [0.25, 0.3) is 0 Å². The van der Waals surface area contributed by atoms with E-state index in [0.717, 1.165) is 35.8 Å². The Morgan fingerprint density at radius 3 is 2.77 bits per heavy atom. The fraction of sp³-hybridized carbons (Fsp3) is 0.400. The van der Waals surface area contributed by atoms with Gasteiger partial charge >= 0.3 is 0 Å². The van der Waals surface area contributed by atoms with Crippen molar-refractivity contribution in [3.05, 3.63) is 30.7 Å². The van der Waals surface area contributed by atoms with Crippen LogP contribution in [0.25, 0.3) is 22.2 Å². The Morgan fingerprint density at radius 1 is 1.10 bits per heavy atom. The Kier molecular flexibility index (Phi) is 3.79. The van der Waals surface area contributed by atoms with E-state index in [1.165, 1.54) is 6.33 Å². The summed E-state index contributed by atoms with van der Waals surface area (Å²) >= 11 is 0. The van der Waals surface area contributed by atoms with Gasteiger partial charge in [0.1, 0.15) is 17.8 Å². The number of fused-ring (bicyclic) bond motifs is 2. The molecular formula is C20H21N5O4S. The molecule has 6 rings (SSSR count). The molecule has 3 aliphatic rings. The monoisotopic (exact) mass is 427 g/mol. The van der Waals surface area contributed by atoms with Crippen molar-refractivity contribution in [3.63, 3.8) is 0 Å². The number of rotatable bonds is 4. The Bertz CT molecular complexity index is 1270. The van der Waals surface area contributed by atoms with E-state index in [0.29, 0.717) is 36.1 Å². The summed E-state index contributed by atoms with van der Waals surface area (Å²) in [6.45, 7) is 1.19. The van der Waals surface area contributed by atoms with Crippen LogP contribution in [0.1, 0.15) is 25.3 Å². The highest BCUT2D eigenvalue weighted by Crippen LogP contribution is 2.41. The quantitative estimate of drug-likeness (QED) is 0.679. The van der Waals surface area contributed by atoms with Crippen LogP contribution in [0.3, 0.4) is 0 Å². The number of nitrogen functional groups attached to an aromatic ring is 1. The highest BCUT2D eigenvalue weighted by molar-refractivity contribution is 7.90. The summed E-state index contributed by atoms with van der Waals surface area (Å²) in [6.07, 6.45) is 5.73. The minimum atomic E-state index is -3.19. The smallest absolute Gasteiger partial charge is 0.231 e. The lowest BCUT2D eigenvalue weighted by Crippen LogP contribution is -2.32. The minimum absolute atomic E-state index is 0.00177. The molecule has 1 saturated carbocycles. The molecule has 2 aromatic heterocycles. The van der Waals surface area contributed by atoms with Crippen LogP contribution in [0.15, 0.2) is 30.7 Å². The Hall–Kier alpha value is -2.85. The standard InChI is InChI=1S/C20H21N5O4S/c21-19-18-15(12-1-4-16-17(7-12)29-11-28-16)9-25(20(18)23-10-22-19)13-5-6-24(8-13)30(26,27)14-2-3-14/h1,4,7,9-10,13-14H,2-3,5-6,8,11H2,(H2,21,22,23)/t13-/m0/s1. The van der Waals surface area contributed by atoms with Crippen molar-refractivity contribution < 1.29 is 17.9 Å². The van der Waals surface area contributed by atoms with Crippen LogP contribution in [0, 0.1) is 0 Å². The van der Waals surface area contributed by atoms with Gasteiger partial charge in [-0.15, -0.1) is 0 Å². The second-order valence-corrected chi connectivity index (χ2v) is 10.2. The lowest BCUT2D eigenvalue weighted by Gasteiger charge is -2.17. The van der Waals surface area contributed by atoms with Crippen molar-refractivity contribution in [2.45, 2.75) is 30.6 Å². The first-order chi connectivity index (χ1) is 14.5. The van der Waals surface area contributed by atoms with Crippen molar-refractivity contribution in [3.8, 4) is 22.6 Å². The first-order valence-electron chi connectivity index (χ1n) is 10.0. The normalized spacial score (nSPS) is 21.5. The number of nitrogens with zero attached hydrogens (tertiary/aromatic N) is 4. The molecule has 2 N–H and O–H groups in total. The fourth-order valence-electron chi connectivity index (χ4n) is 4.42. The highest BCUT2D eigenvalue weighted by atomic mass is 32.2. The average Bonchev–Trinajstić information content (AvgIpc) is 3.15. The first kappa shape index (κ1) is 18.0. The molecule has 0 unspecified atom stereocenters. The van der Waals surface area contributed by atoms with E-state index >= 15 is 0 Å². The maximum Gasteiger partial charge on any atom is 0.231 e. The molecule has 0 spiro atoms. The Morgan fingerprint density at radius 2 is 1.93 bits per heavy atom. The summed E-state index contributed by atoms with van der Waals surface area (Å²) in [7, 11) is -3.19. The maximum absolute atomic E-state index is 12.7. The van der Waals surface area contributed by atoms with E-state index in [1.54, 1.807) is 4.31 Å². The van der Waals surface area contributed by atoms with Gasteiger partial charge in [0.05, 0.1) is 16.7 Å². The van der Waals surface area contributed by atoms with Gasteiger partial charge in [0.2, 0.25) is 16.8 Å². The Balaban J connectivity index is 1.43. The van der Waals surface area contributed by atoms with E-state index < -0.39 is 10.0 Å². The van der Waals surface area contributed by atoms with Crippen LogP contribution < -0.4 is 15.2 Å². The molecule has 1 saturated heterocycles. The lowest BCUT2D eigenvalue weighted by atomic mass is 10.1. The van der Waals surface area contributed by atoms with Crippen molar-refractivity contribution in [2.75, 3.05) is 25.6 Å². The van der Waals surface area contributed by atoms with Gasteiger partial charge in [0.15, 0.2) is 11.5 Å². The van der Waals surface area contributed by atoms with Crippen LogP contribution in [-0.2, 0) is 10.0 Å². The zero-order valence-corrected chi connectivity index (χ0v) is 17.0. The lowest BCUT2D eigenvalue weighted by molar-refractivity contribution is 0.174. The molecule has 1 aromatic carbocycles. The number of hydrogen-bond donors (Lipinski definition) is 1. The number of hydrogen-bond acceptors (Lipinski definition) is 7. The third-order valence-electron chi connectivity index (χ3n) is 6.15. The molecule has 30 heavy (non-hydrogen) atoms. The minimum Gasteiger partial charge on any atom is -0.454 e. The van der Waals surface area contributed by atoms with E-state index in [-0.39, 0.29) is 18.1 Å². The van der Waals surface area contributed by atoms with E-state index in [2.05, 4.69) is 14.5 Å². The molecule has 10 heteroatoms. The van der Waals surface area contributed by atoms with Gasteiger partial charge in [-0.05, 0) is 37.0 Å². The van der Waals surface area contributed by atoms with Gasteiger partial charge in [-0.1, -0.05) is 6.07 Å². The number of ether oxygens (including phenoxy) is 2. The zero-order valence-electron chi connectivity index (χ0n) is 16.2. The van der Waals surface area contributed by atoms with Gasteiger partial charge in [-0.3, -0.25) is 0 Å². The van der Waals surface area contributed by atoms with Crippen LogP contribution in [0.4, 0.5) is 5.82 Å². The van der Waals surface area contributed by atoms with Crippen LogP contribution in [-0.4, -0.2) is 52.4 Å². The molecule has 0 amide bonds. The van der Waals surface area contributed by atoms with E-state index in [1.807, 2.05) is 24.4 Å². The first-order valence-corrected chi connectivity index (χ1v) is 11.5. The summed E-state index contributed by atoms with van der Waals surface area (Å²) < 4.78 is 40.0. The van der Waals surface area contributed by atoms with E-state index in [4.69, 9.17) is 15.2 Å². The van der Waals surface area contributed by atoms with Crippen molar-refractivity contribution >= 4 is 26.9 Å². The van der Waals surface area contributed by atoms with E-state index in [9.17, 15) is 8.42 Å². The molecule has 1 atom stereocenters. The third-order valence-corrected chi connectivity index (χ3v) is 8.51. The molecule has 156 valence electrons. The van der Waals surface area contributed by atoms with Gasteiger partial charge < -0.3 is 19.8 Å². The number of nitrogens with two attached hydrogens (primary N) is 1. The summed E-state index contributed by atoms with van der Waals surface area (Å²) in [6, 6.07) is 5.75. The molecule has 9 nitrogen and oxygen atoms in total. The summed E-state index contributed by atoms with van der Waals surface area (Å²) in [5.41, 5.74) is 8.77. The van der Waals surface area contributed by atoms with Gasteiger partial charge in [-0.2, -0.15) is 4.31 Å². The second kappa shape index (κ2) is 6.32. The van der Waals surface area contributed by atoms with Gasteiger partial charge in [0, 0.05) is 24.8 Å². The molecule has 2 aliphatic heterocycles. The zero-order chi connectivity index (χ0) is 20.5. The van der Waals surface area contributed by atoms with Crippen molar-refractivity contribution in [1.82, 2.24) is 18.8 Å². The van der Waals surface area contributed by atoms with Crippen LogP contribution in [0.2, 0.25) is 0 Å². The second-order valence-electron chi connectivity index (χ2n) is 8.02. The largest absolute Gasteiger partial charge is 0.454 e. The molecule has 3 aromatic rings. The SMILES string of the molecule is Nc1ncnc2c1c(-c1ccc3c(c1)OCO3)cn2[C@H]1CCN(S(=O)(=O)C2CC2)C1. The predicted octanol–water partition coefficient (Wildman–Crippen LogP) is 2.15. The fourth-order valence-corrected chi connectivity index (χ4v) is 6.31. The Labute approximate surface area is 173 Å². The van der Waals surface area contributed by atoms with Crippen LogP contribution >= 0.6 is 0 Å². The van der Waals surface area contributed by atoms with Crippen LogP contribution in [0.5, 0.6) is 11.5 Å². The number of anilines is 1. The summed E-state index contributed by atoms with van der Waals surface area (Å²) in [4.78, 5) is 8.67. The number of benzene rings is 1. The molecule has 0 bridgehead atoms. The predicted molar refractivity (Wildman–Crippen MR) is 111 cm³/mol. The highest BCUT2D eigenvalue weighted by Gasteiger charge is 2.43. The number of sulfonamides is 1.